The van der Waals surface area contributed by atoms with E-state index in [0.717, 1.165) is 5.56 Å². The van der Waals surface area contributed by atoms with Crippen LogP contribution in [0.4, 0.5) is 0 Å². The normalized spacial score (nSPS) is 10.8. The van der Waals surface area contributed by atoms with Gasteiger partial charge in [0.25, 0.3) is 0 Å². The Balaban J connectivity index is 1.67. The quantitative estimate of drug-likeness (QED) is 0.605. The van der Waals surface area contributed by atoms with Gasteiger partial charge in [-0.3, -0.25) is 4.79 Å². The molecule has 0 aliphatic rings. The van der Waals surface area contributed by atoms with Gasteiger partial charge < -0.3 is 14.8 Å². The largest absolute Gasteiger partial charge is 0.475 e. The van der Waals surface area contributed by atoms with Crippen molar-refractivity contribution in [2.24, 2.45) is 0 Å². The van der Waals surface area contributed by atoms with E-state index in [1.54, 1.807) is 22.7 Å². The lowest BCUT2D eigenvalue weighted by Crippen LogP contribution is -2.31. The summed E-state index contributed by atoms with van der Waals surface area (Å²) in [6.45, 7) is 3.01. The molecule has 0 aliphatic carbocycles. The SMILES string of the molecule is CCOCC(=O)NCCOc1ccc2nnc(-c3ccccc3Cl)n2n1. The average molecular weight is 376 g/mol. The van der Waals surface area contributed by atoms with Gasteiger partial charge in [-0.15, -0.1) is 15.3 Å². The fraction of sp³-hybridized carbons (Fsp3) is 0.294. The highest BCUT2D eigenvalue weighted by atomic mass is 35.5. The van der Waals surface area contributed by atoms with Crippen molar-refractivity contribution in [2.75, 3.05) is 26.4 Å². The number of hydrogen-bond acceptors (Lipinski definition) is 6. The second-order valence-corrected chi connectivity index (χ2v) is 5.69. The second kappa shape index (κ2) is 8.59. The Morgan fingerprint density at radius 1 is 1.23 bits per heavy atom. The van der Waals surface area contributed by atoms with Crippen LogP contribution in [0.15, 0.2) is 36.4 Å². The number of carbonyl (C=O) groups is 1. The van der Waals surface area contributed by atoms with E-state index in [1.807, 2.05) is 25.1 Å². The molecule has 9 heteroatoms. The van der Waals surface area contributed by atoms with E-state index in [-0.39, 0.29) is 19.1 Å². The van der Waals surface area contributed by atoms with Crippen LogP contribution in [0.2, 0.25) is 5.02 Å². The number of rotatable bonds is 8. The number of nitrogens with zero attached hydrogens (tertiary/aromatic N) is 4. The molecule has 0 spiro atoms. The molecule has 2 heterocycles. The van der Waals surface area contributed by atoms with Crippen LogP contribution in [0.5, 0.6) is 5.88 Å². The number of fused-ring (bicyclic) bond motifs is 1. The molecule has 26 heavy (non-hydrogen) atoms. The zero-order chi connectivity index (χ0) is 18.4. The molecule has 0 aliphatic heterocycles. The Morgan fingerprint density at radius 2 is 2.08 bits per heavy atom. The fourth-order valence-electron chi connectivity index (χ4n) is 2.25. The first-order valence-corrected chi connectivity index (χ1v) is 8.51. The summed E-state index contributed by atoms with van der Waals surface area (Å²) in [6.07, 6.45) is 0. The minimum atomic E-state index is -0.182. The lowest BCUT2D eigenvalue weighted by atomic mass is 10.2. The molecule has 0 unspecified atom stereocenters. The Morgan fingerprint density at radius 3 is 2.88 bits per heavy atom. The number of ether oxygens (including phenoxy) is 2. The molecular formula is C17H18ClN5O3. The summed E-state index contributed by atoms with van der Waals surface area (Å²) in [5, 5.41) is 15.9. The molecule has 0 fully saturated rings. The lowest BCUT2D eigenvalue weighted by Gasteiger charge is -2.08. The van der Waals surface area contributed by atoms with Crippen LogP contribution in [0.3, 0.4) is 0 Å². The number of amides is 1. The van der Waals surface area contributed by atoms with Crippen LogP contribution in [0.25, 0.3) is 17.0 Å². The summed E-state index contributed by atoms with van der Waals surface area (Å²) in [4.78, 5) is 11.4. The molecule has 0 bridgehead atoms. The summed E-state index contributed by atoms with van der Waals surface area (Å²) in [5.41, 5.74) is 1.31. The number of halogens is 1. The summed E-state index contributed by atoms with van der Waals surface area (Å²) in [6, 6.07) is 10.8. The molecule has 136 valence electrons. The first-order valence-electron chi connectivity index (χ1n) is 8.13. The van der Waals surface area contributed by atoms with Crippen molar-refractivity contribution in [3.05, 3.63) is 41.4 Å². The van der Waals surface area contributed by atoms with Crippen LogP contribution < -0.4 is 10.1 Å². The second-order valence-electron chi connectivity index (χ2n) is 5.28. The van der Waals surface area contributed by atoms with Gasteiger partial charge in [0.05, 0.1) is 11.6 Å². The molecule has 3 rings (SSSR count). The topological polar surface area (TPSA) is 90.6 Å². The summed E-state index contributed by atoms with van der Waals surface area (Å²) in [7, 11) is 0. The van der Waals surface area contributed by atoms with E-state index in [9.17, 15) is 4.79 Å². The summed E-state index contributed by atoms with van der Waals surface area (Å²) >= 11 is 6.23. The number of nitrogens with one attached hydrogen (secondary N) is 1. The molecule has 1 amide bonds. The Kier molecular flexibility index (Phi) is 5.98. The zero-order valence-corrected chi connectivity index (χ0v) is 14.9. The minimum absolute atomic E-state index is 0.0443. The van der Waals surface area contributed by atoms with Crippen molar-refractivity contribution in [2.45, 2.75) is 6.92 Å². The van der Waals surface area contributed by atoms with Crippen molar-refractivity contribution in [3.8, 4) is 17.3 Å². The molecule has 1 aromatic carbocycles. The molecule has 0 radical (unpaired) electrons. The van der Waals surface area contributed by atoms with Crippen molar-refractivity contribution < 1.29 is 14.3 Å². The molecule has 0 atom stereocenters. The van der Waals surface area contributed by atoms with Gasteiger partial charge in [-0.05, 0) is 25.1 Å². The molecule has 8 nitrogen and oxygen atoms in total. The number of carbonyl (C=O) groups excluding carboxylic acids is 1. The average Bonchev–Trinajstić information content (AvgIpc) is 3.07. The van der Waals surface area contributed by atoms with Gasteiger partial charge in [-0.1, -0.05) is 23.7 Å². The predicted octanol–water partition coefficient (Wildman–Crippen LogP) is 1.98. The smallest absolute Gasteiger partial charge is 0.246 e. The Labute approximate surface area is 155 Å². The molecule has 1 N–H and O–H groups in total. The molecule has 0 saturated heterocycles. The maximum Gasteiger partial charge on any atom is 0.246 e. The molecule has 2 aromatic heterocycles. The highest BCUT2D eigenvalue weighted by Crippen LogP contribution is 2.26. The molecular weight excluding hydrogens is 358 g/mol. The fourth-order valence-corrected chi connectivity index (χ4v) is 2.47. The van der Waals surface area contributed by atoms with E-state index in [0.29, 0.717) is 35.5 Å². The third-order valence-electron chi connectivity index (χ3n) is 3.46. The van der Waals surface area contributed by atoms with Crippen molar-refractivity contribution in [1.82, 2.24) is 25.1 Å². The maximum absolute atomic E-state index is 11.4. The standard InChI is InChI=1S/C17H18ClN5O3/c1-2-25-11-15(24)19-9-10-26-16-8-7-14-20-21-17(23(14)22-16)12-5-3-4-6-13(12)18/h3-8H,2,9-11H2,1H3,(H,19,24). The van der Waals surface area contributed by atoms with Gasteiger partial charge in [-0.25, -0.2) is 0 Å². The number of aromatic nitrogens is 4. The first-order chi connectivity index (χ1) is 12.7. The van der Waals surface area contributed by atoms with Crippen molar-refractivity contribution in [1.29, 1.82) is 0 Å². The van der Waals surface area contributed by atoms with E-state index in [4.69, 9.17) is 21.1 Å². The number of benzene rings is 1. The monoisotopic (exact) mass is 375 g/mol. The Hall–Kier alpha value is -2.71. The predicted molar refractivity (Wildman–Crippen MR) is 96.2 cm³/mol. The van der Waals surface area contributed by atoms with Gasteiger partial charge in [0.2, 0.25) is 11.8 Å². The van der Waals surface area contributed by atoms with Crippen LogP contribution >= 0.6 is 11.6 Å². The van der Waals surface area contributed by atoms with Crippen LogP contribution in [-0.4, -0.2) is 52.1 Å². The van der Waals surface area contributed by atoms with Gasteiger partial charge in [0.15, 0.2) is 11.5 Å². The van der Waals surface area contributed by atoms with Gasteiger partial charge in [0.1, 0.15) is 13.2 Å². The Bertz CT molecular complexity index is 899. The van der Waals surface area contributed by atoms with Crippen LogP contribution in [0.1, 0.15) is 6.92 Å². The van der Waals surface area contributed by atoms with Gasteiger partial charge in [0, 0.05) is 18.2 Å². The maximum atomic E-state index is 11.4. The third kappa shape index (κ3) is 4.27. The van der Waals surface area contributed by atoms with Crippen molar-refractivity contribution in [3.63, 3.8) is 0 Å². The number of hydrogen-bond donors (Lipinski definition) is 1. The zero-order valence-electron chi connectivity index (χ0n) is 14.2. The van der Waals surface area contributed by atoms with Crippen LogP contribution in [0, 0.1) is 0 Å². The van der Waals surface area contributed by atoms with Gasteiger partial charge >= 0.3 is 0 Å². The highest BCUT2D eigenvalue weighted by molar-refractivity contribution is 6.33. The molecule has 3 aromatic rings. The highest BCUT2D eigenvalue weighted by Gasteiger charge is 2.13. The first kappa shape index (κ1) is 18.1. The van der Waals surface area contributed by atoms with E-state index >= 15 is 0 Å². The van der Waals surface area contributed by atoms with E-state index < -0.39 is 0 Å². The summed E-state index contributed by atoms with van der Waals surface area (Å²) < 4.78 is 12.2. The summed E-state index contributed by atoms with van der Waals surface area (Å²) in [5.74, 6) is 0.740. The van der Waals surface area contributed by atoms with Gasteiger partial charge in [-0.2, -0.15) is 4.52 Å². The van der Waals surface area contributed by atoms with Crippen LogP contribution in [-0.2, 0) is 9.53 Å². The third-order valence-corrected chi connectivity index (χ3v) is 3.79. The van der Waals surface area contributed by atoms with E-state index in [2.05, 4.69) is 20.6 Å². The minimum Gasteiger partial charge on any atom is -0.475 e. The lowest BCUT2D eigenvalue weighted by molar-refractivity contribution is -0.125. The molecule has 0 saturated carbocycles. The van der Waals surface area contributed by atoms with E-state index in [1.165, 1.54) is 0 Å². The van der Waals surface area contributed by atoms with Crippen molar-refractivity contribution >= 4 is 23.2 Å².